The van der Waals surface area contributed by atoms with Gasteiger partial charge in [0.1, 0.15) is 16.9 Å². The summed E-state index contributed by atoms with van der Waals surface area (Å²) in [4.78, 5) is 33.2. The second-order valence-electron chi connectivity index (χ2n) is 17.9. The van der Waals surface area contributed by atoms with Crippen molar-refractivity contribution >= 4 is 27.4 Å². The lowest BCUT2D eigenvalue weighted by atomic mass is 9.56. The molecule has 4 saturated heterocycles. The molecule has 13 heteroatoms. The predicted octanol–water partition coefficient (Wildman–Crippen LogP) is 6.42. The molecule has 4 aliphatic heterocycles. The van der Waals surface area contributed by atoms with Crippen LogP contribution in [0.25, 0.3) is 0 Å². The van der Waals surface area contributed by atoms with Gasteiger partial charge in [0.05, 0.1) is 25.1 Å². The fraction of sp³-hybridized carbons (Fsp3) is 0.636. The number of esters is 1. The number of likely N-dealkylation sites (tertiary alicyclic amines) is 3. The first kappa shape index (κ1) is 41.7. The Kier molecular flexibility index (Phi) is 12.5. The zero-order chi connectivity index (χ0) is 40.5. The molecule has 0 bridgehead atoms. The van der Waals surface area contributed by atoms with Gasteiger partial charge in [0.25, 0.3) is 0 Å². The summed E-state index contributed by atoms with van der Waals surface area (Å²) in [6.45, 7) is 9.01. The monoisotopic (exact) mass is 812 g/mol. The molecule has 5 aliphatic rings. The number of sulfone groups is 1. The van der Waals surface area contributed by atoms with Crippen molar-refractivity contribution in [1.29, 1.82) is 0 Å². The maximum Gasteiger partial charge on any atom is 0.305 e. The van der Waals surface area contributed by atoms with Gasteiger partial charge in [0.15, 0.2) is 15.5 Å². The quantitative estimate of drug-likeness (QED) is 0.151. The third-order valence-electron chi connectivity index (χ3n) is 13.6. The van der Waals surface area contributed by atoms with Gasteiger partial charge in [0, 0.05) is 49.8 Å². The van der Waals surface area contributed by atoms with E-state index in [1.165, 1.54) is 25.3 Å². The van der Waals surface area contributed by atoms with Crippen molar-refractivity contribution in [1.82, 2.24) is 14.7 Å². The molecular weight excluding hydrogens is 754 g/mol. The zero-order valence-corrected chi connectivity index (χ0v) is 34.5. The number of halogens is 3. The average molecular weight is 813 g/mol. The summed E-state index contributed by atoms with van der Waals surface area (Å²) in [5.41, 5.74) is -0.555. The molecule has 2 aromatic carbocycles. The molecule has 0 radical (unpaired) electrons. The first-order chi connectivity index (χ1) is 27.2. The zero-order valence-electron chi connectivity index (χ0n) is 33.7. The molecule has 4 heterocycles. The Hall–Kier alpha value is -3.42. The Morgan fingerprint density at radius 2 is 1.60 bits per heavy atom. The van der Waals surface area contributed by atoms with Crippen LogP contribution in [0.4, 0.5) is 18.9 Å². The molecule has 2 aromatic rings. The first-order valence-corrected chi connectivity index (χ1v) is 22.4. The fourth-order valence-corrected chi connectivity index (χ4v) is 12.1. The molecule has 0 spiro atoms. The highest BCUT2D eigenvalue weighted by Gasteiger charge is 2.54. The Morgan fingerprint density at radius 3 is 2.19 bits per heavy atom. The van der Waals surface area contributed by atoms with Crippen molar-refractivity contribution in [2.75, 3.05) is 77.5 Å². The maximum atomic E-state index is 16.3. The molecule has 3 atom stereocenters. The third-order valence-corrected chi connectivity index (χ3v) is 15.7. The summed E-state index contributed by atoms with van der Waals surface area (Å²) in [6, 6.07) is 10.6. The number of carbonyl (C=O) groups is 2. The lowest BCUT2D eigenvalue weighted by Gasteiger charge is -2.54. The van der Waals surface area contributed by atoms with Crippen LogP contribution >= 0.6 is 0 Å². The topological polar surface area (TPSA) is 90.5 Å². The second kappa shape index (κ2) is 17.0. The standard InChI is InChI=1S/C44H59F3N4O5S/c1-31(2)7-4-10-41(52)50-25-39(26-50)57(54,55)38-13-11-37(12-14-38)51-28-43(47,29-51)27-49-19-15-33(16-20-49)44(30-48-17-6-18-48,34-22-35(45)24-36(46)23-34)40-9-5-8-32(40)21-42(53)56-3/h4,10-14,22-24,31-33,39-40H,5-9,15-21,25-30H2,1-3H3/b10-4+/t32-,40+,44+/m1/s1. The van der Waals surface area contributed by atoms with Crippen molar-refractivity contribution in [3.8, 4) is 0 Å². The van der Waals surface area contributed by atoms with Gasteiger partial charge in [-0.05, 0) is 136 Å². The summed E-state index contributed by atoms with van der Waals surface area (Å²) in [7, 11) is -2.21. The van der Waals surface area contributed by atoms with Crippen LogP contribution in [-0.4, -0.2) is 118 Å². The molecule has 0 N–H and O–H groups in total. The van der Waals surface area contributed by atoms with Gasteiger partial charge in [-0.2, -0.15) is 0 Å². The largest absolute Gasteiger partial charge is 0.469 e. The summed E-state index contributed by atoms with van der Waals surface area (Å²) in [5, 5.41) is -0.646. The van der Waals surface area contributed by atoms with E-state index in [0.717, 1.165) is 69.8 Å². The van der Waals surface area contributed by atoms with E-state index in [2.05, 4.69) is 23.6 Å². The van der Waals surface area contributed by atoms with E-state index in [1.807, 2.05) is 11.0 Å². The van der Waals surface area contributed by atoms with Gasteiger partial charge in [-0.3, -0.25) is 14.5 Å². The number of nitrogens with zero attached hydrogens (tertiary/aromatic N) is 4. The number of hydrogen-bond donors (Lipinski definition) is 0. The van der Waals surface area contributed by atoms with E-state index in [-0.39, 0.29) is 73.7 Å². The Balaban J connectivity index is 0.976. The number of carbonyl (C=O) groups excluding carboxylic acids is 2. The van der Waals surface area contributed by atoms with Crippen LogP contribution in [-0.2, 0) is 29.6 Å². The van der Waals surface area contributed by atoms with Gasteiger partial charge >= 0.3 is 5.97 Å². The summed E-state index contributed by atoms with van der Waals surface area (Å²) in [6.07, 6.45) is 9.73. The van der Waals surface area contributed by atoms with E-state index in [1.54, 1.807) is 29.2 Å². The highest BCUT2D eigenvalue weighted by atomic mass is 32.2. The number of rotatable bonds is 15. The number of ether oxygens (including phenoxy) is 1. The van der Waals surface area contributed by atoms with Crippen molar-refractivity contribution in [2.24, 2.45) is 23.7 Å². The van der Waals surface area contributed by atoms with Crippen LogP contribution in [0.15, 0.2) is 59.5 Å². The summed E-state index contributed by atoms with van der Waals surface area (Å²) in [5.74, 6) is -0.966. The lowest BCUT2D eigenvalue weighted by Crippen LogP contribution is -2.64. The average Bonchev–Trinajstić information content (AvgIpc) is 3.57. The number of allylic oxidation sites excluding steroid dienone is 1. The smallest absolute Gasteiger partial charge is 0.305 e. The molecule has 0 aromatic heterocycles. The predicted molar refractivity (Wildman–Crippen MR) is 214 cm³/mol. The van der Waals surface area contributed by atoms with Crippen molar-refractivity contribution in [3.05, 3.63) is 71.8 Å². The van der Waals surface area contributed by atoms with Crippen LogP contribution < -0.4 is 4.90 Å². The van der Waals surface area contributed by atoms with Crippen molar-refractivity contribution < 1.29 is 35.9 Å². The van der Waals surface area contributed by atoms with Crippen molar-refractivity contribution in [2.45, 2.75) is 86.4 Å². The molecule has 1 aliphatic carbocycles. The maximum absolute atomic E-state index is 16.3. The minimum Gasteiger partial charge on any atom is -0.469 e. The highest BCUT2D eigenvalue weighted by Crippen LogP contribution is 2.54. The number of amides is 1. The van der Waals surface area contributed by atoms with E-state index < -0.39 is 37.8 Å². The van der Waals surface area contributed by atoms with E-state index in [4.69, 9.17) is 4.74 Å². The van der Waals surface area contributed by atoms with Gasteiger partial charge in [0.2, 0.25) is 5.91 Å². The molecular formula is C44H59F3N4O5S. The van der Waals surface area contributed by atoms with Crippen LogP contribution in [0.2, 0.25) is 0 Å². The van der Waals surface area contributed by atoms with Crippen LogP contribution in [0.1, 0.15) is 70.8 Å². The Bertz CT molecular complexity index is 1870. The van der Waals surface area contributed by atoms with Gasteiger partial charge in [-0.15, -0.1) is 0 Å². The van der Waals surface area contributed by atoms with Gasteiger partial charge in [-0.1, -0.05) is 26.3 Å². The lowest BCUT2D eigenvalue weighted by molar-refractivity contribution is -0.142. The number of alkyl halides is 1. The minimum atomic E-state index is -3.61. The Morgan fingerprint density at radius 1 is 0.930 bits per heavy atom. The minimum absolute atomic E-state index is 0.0495. The molecule has 1 saturated carbocycles. The van der Waals surface area contributed by atoms with Crippen LogP contribution in [0.3, 0.4) is 0 Å². The second-order valence-corrected chi connectivity index (χ2v) is 20.1. The molecule has 312 valence electrons. The molecule has 57 heavy (non-hydrogen) atoms. The SMILES string of the molecule is COC(=O)C[C@H]1CCC[C@@H]1[C@](CN1CCC1)(c1cc(F)cc(F)c1)C1CCN(CC2(F)CN(c3ccc(S(=O)(=O)C4CN(C(=O)/C=C/CC(C)C)C4)cc3)C2)CC1. The summed E-state index contributed by atoms with van der Waals surface area (Å²) >= 11 is 0. The first-order valence-electron chi connectivity index (χ1n) is 20.9. The Labute approximate surface area is 336 Å². The molecule has 7 rings (SSSR count). The number of benzene rings is 2. The highest BCUT2D eigenvalue weighted by molar-refractivity contribution is 7.92. The van der Waals surface area contributed by atoms with E-state index >= 15 is 13.2 Å². The normalized spacial score (nSPS) is 24.6. The van der Waals surface area contributed by atoms with Gasteiger partial charge < -0.3 is 19.4 Å². The molecule has 9 nitrogen and oxygen atoms in total. The number of anilines is 1. The molecule has 0 unspecified atom stereocenters. The van der Waals surface area contributed by atoms with Crippen LogP contribution in [0.5, 0.6) is 0 Å². The molecule has 1 amide bonds. The van der Waals surface area contributed by atoms with E-state index in [9.17, 15) is 18.0 Å². The van der Waals surface area contributed by atoms with Crippen LogP contribution in [0, 0.1) is 35.3 Å². The van der Waals surface area contributed by atoms with Crippen molar-refractivity contribution in [3.63, 3.8) is 0 Å². The summed E-state index contributed by atoms with van der Waals surface area (Å²) < 4.78 is 78.1. The van der Waals surface area contributed by atoms with Gasteiger partial charge in [-0.25, -0.2) is 21.6 Å². The molecule has 5 fully saturated rings. The van der Waals surface area contributed by atoms with E-state index in [0.29, 0.717) is 31.1 Å². The number of methoxy groups -OCH3 is 1. The fourth-order valence-electron chi connectivity index (χ4n) is 10.4. The third kappa shape index (κ3) is 8.95. The number of piperidine rings is 1. The number of hydrogen-bond acceptors (Lipinski definition) is 8.